The van der Waals surface area contributed by atoms with Crippen molar-refractivity contribution in [1.82, 2.24) is 5.32 Å². The summed E-state index contributed by atoms with van der Waals surface area (Å²) in [6, 6.07) is 4.38. The van der Waals surface area contributed by atoms with Gasteiger partial charge in [-0.2, -0.15) is 13.2 Å². The van der Waals surface area contributed by atoms with Crippen molar-refractivity contribution in [2.24, 2.45) is 0 Å². The Kier molecular flexibility index (Phi) is 9.88. The number of hydrogen-bond donors (Lipinski definition) is 2. The van der Waals surface area contributed by atoms with Crippen LogP contribution in [0, 0.1) is 0 Å². The van der Waals surface area contributed by atoms with Gasteiger partial charge in [-0.05, 0) is 50.0 Å². The molecule has 0 aromatic carbocycles. The predicted molar refractivity (Wildman–Crippen MR) is 126 cm³/mol. The van der Waals surface area contributed by atoms with Gasteiger partial charge in [-0.3, -0.25) is 10.1 Å². The van der Waals surface area contributed by atoms with Gasteiger partial charge in [0.25, 0.3) is 0 Å². The molecule has 35 heavy (non-hydrogen) atoms. The van der Waals surface area contributed by atoms with E-state index in [0.29, 0.717) is 22.6 Å². The standard InChI is InChI=1S/C24H26F3NO6S/c1-14(6-4-5-11-28-23(32)33-3)19-13-18(29)20(22(31)34-19)21(30)15(2)12-17-8-7-16(35-17)9-10-24(25,26)27/h5,7-8,11-14,29H,4,6,9-10H2,1-3H3,(H,28,32)/b11-5+,15-12+. The maximum Gasteiger partial charge on any atom is 0.410 e. The minimum absolute atomic E-state index is 0.126. The second-order valence-corrected chi connectivity index (χ2v) is 8.99. The molecule has 2 rings (SSSR count). The molecule has 0 aliphatic rings. The smallest absolute Gasteiger partial charge is 0.410 e. The molecule has 0 aliphatic carbocycles. The van der Waals surface area contributed by atoms with Crippen LogP contribution in [-0.2, 0) is 11.2 Å². The molecule has 0 bridgehead atoms. The molecule has 7 nitrogen and oxygen atoms in total. The van der Waals surface area contributed by atoms with Gasteiger partial charge in [-0.15, -0.1) is 11.3 Å². The van der Waals surface area contributed by atoms with Gasteiger partial charge in [0.1, 0.15) is 17.1 Å². The predicted octanol–water partition coefficient (Wildman–Crippen LogP) is 5.94. The molecule has 0 aliphatic heterocycles. The molecule has 2 aromatic rings. The number of carbonyl (C=O) groups is 2. The number of alkyl carbamates (subject to hydrolysis) is 1. The molecule has 0 radical (unpaired) electrons. The lowest BCUT2D eigenvalue weighted by Crippen LogP contribution is -2.16. The van der Waals surface area contributed by atoms with Crippen molar-refractivity contribution in [2.75, 3.05) is 7.11 Å². The number of hydrogen-bond acceptors (Lipinski definition) is 7. The Morgan fingerprint density at radius 2 is 2.03 bits per heavy atom. The molecule has 0 saturated heterocycles. The Morgan fingerprint density at radius 1 is 1.31 bits per heavy atom. The third-order valence-electron chi connectivity index (χ3n) is 4.99. The Hall–Kier alpha value is -3.34. The van der Waals surface area contributed by atoms with Crippen LogP contribution in [0.1, 0.15) is 64.9 Å². The summed E-state index contributed by atoms with van der Waals surface area (Å²) in [4.78, 5) is 37.3. The van der Waals surface area contributed by atoms with E-state index in [1.54, 1.807) is 25.1 Å². The number of rotatable bonds is 10. The normalized spacial score (nSPS) is 13.1. The van der Waals surface area contributed by atoms with E-state index >= 15 is 0 Å². The number of methoxy groups -OCH3 is 1. The molecule has 0 spiro atoms. The fourth-order valence-electron chi connectivity index (χ4n) is 3.06. The first-order valence-corrected chi connectivity index (χ1v) is 11.5. The van der Waals surface area contributed by atoms with E-state index in [-0.39, 0.29) is 23.7 Å². The molecule has 2 aromatic heterocycles. The highest BCUT2D eigenvalue weighted by Gasteiger charge is 2.27. The highest BCUT2D eigenvalue weighted by Crippen LogP contribution is 2.28. The fourth-order valence-corrected chi connectivity index (χ4v) is 4.07. The molecule has 0 fully saturated rings. The van der Waals surface area contributed by atoms with Crippen LogP contribution in [-0.4, -0.2) is 30.3 Å². The number of aromatic hydroxyl groups is 1. The number of Topliss-reactive ketones (excluding diaryl/α,β-unsaturated/α-hetero) is 1. The van der Waals surface area contributed by atoms with Crippen molar-refractivity contribution in [3.05, 3.63) is 67.5 Å². The number of alkyl halides is 3. The Bertz CT molecular complexity index is 1160. The Morgan fingerprint density at radius 3 is 2.66 bits per heavy atom. The number of carbonyl (C=O) groups excluding carboxylic acids is 2. The summed E-state index contributed by atoms with van der Waals surface area (Å²) < 4.78 is 46.9. The van der Waals surface area contributed by atoms with Gasteiger partial charge in [0, 0.05) is 34.4 Å². The molecule has 1 atom stereocenters. The molecule has 11 heteroatoms. The summed E-state index contributed by atoms with van der Waals surface area (Å²) >= 11 is 1.11. The molecule has 2 N–H and O–H groups in total. The molecule has 1 unspecified atom stereocenters. The molecule has 2 heterocycles. The lowest BCUT2D eigenvalue weighted by atomic mass is 10.00. The van der Waals surface area contributed by atoms with E-state index in [1.165, 1.54) is 32.4 Å². The number of thiophene rings is 1. The molecular formula is C24H26F3NO6S. The summed E-state index contributed by atoms with van der Waals surface area (Å²) in [7, 11) is 1.24. The van der Waals surface area contributed by atoms with Crippen molar-refractivity contribution >= 4 is 29.3 Å². The number of aryl methyl sites for hydroxylation is 1. The van der Waals surface area contributed by atoms with Gasteiger partial charge < -0.3 is 14.3 Å². The highest BCUT2D eigenvalue weighted by atomic mass is 32.1. The van der Waals surface area contributed by atoms with Gasteiger partial charge >= 0.3 is 17.9 Å². The lowest BCUT2D eigenvalue weighted by molar-refractivity contribution is -0.133. The average Bonchev–Trinajstić information content (AvgIpc) is 3.23. The van der Waals surface area contributed by atoms with Crippen LogP contribution in [0.15, 0.2) is 45.3 Å². The SMILES string of the molecule is COC(=O)N/C=C/CCC(C)c1cc(O)c(C(=O)/C(C)=C/c2ccc(CCC(F)(F)F)s2)c(=O)o1. The maximum absolute atomic E-state index is 12.8. The van der Waals surface area contributed by atoms with E-state index in [9.17, 15) is 32.7 Å². The number of halogens is 3. The first-order chi connectivity index (χ1) is 16.4. The number of amides is 1. The fraction of sp³-hybridized carbons (Fsp3) is 0.375. The van der Waals surface area contributed by atoms with Gasteiger partial charge in [0.2, 0.25) is 0 Å². The second kappa shape index (κ2) is 12.4. The quantitative estimate of drug-likeness (QED) is 0.301. The summed E-state index contributed by atoms with van der Waals surface area (Å²) in [5, 5.41) is 12.8. The molecule has 190 valence electrons. The topological polar surface area (TPSA) is 106 Å². The van der Waals surface area contributed by atoms with E-state index in [4.69, 9.17) is 4.42 Å². The number of ether oxygens (including phenoxy) is 1. The third-order valence-corrected chi connectivity index (χ3v) is 6.08. The van der Waals surface area contributed by atoms with E-state index in [1.807, 2.05) is 0 Å². The van der Waals surface area contributed by atoms with Crippen LogP contribution < -0.4 is 10.9 Å². The zero-order chi connectivity index (χ0) is 26.2. The van der Waals surface area contributed by atoms with E-state index in [0.717, 1.165) is 11.3 Å². The summed E-state index contributed by atoms with van der Waals surface area (Å²) in [5.74, 6) is -1.32. The first-order valence-electron chi connectivity index (χ1n) is 10.7. The number of allylic oxidation sites excluding steroid dienone is 2. The Balaban J connectivity index is 2.08. The van der Waals surface area contributed by atoms with Gasteiger partial charge in [0.05, 0.1) is 7.11 Å². The van der Waals surface area contributed by atoms with Crippen molar-refractivity contribution < 1.29 is 37.0 Å². The van der Waals surface area contributed by atoms with Crippen LogP contribution in [0.4, 0.5) is 18.0 Å². The highest BCUT2D eigenvalue weighted by molar-refractivity contribution is 7.12. The average molecular weight is 514 g/mol. The molecular weight excluding hydrogens is 487 g/mol. The minimum Gasteiger partial charge on any atom is -0.507 e. The van der Waals surface area contributed by atoms with Crippen molar-refractivity contribution in [2.45, 2.75) is 51.6 Å². The zero-order valence-electron chi connectivity index (χ0n) is 19.4. The van der Waals surface area contributed by atoms with Crippen LogP contribution >= 0.6 is 11.3 Å². The van der Waals surface area contributed by atoms with Gasteiger partial charge in [-0.1, -0.05) is 13.0 Å². The number of nitrogens with one attached hydrogen (secondary N) is 1. The Labute approximate surface area is 203 Å². The van der Waals surface area contributed by atoms with Crippen molar-refractivity contribution in [1.29, 1.82) is 0 Å². The van der Waals surface area contributed by atoms with Gasteiger partial charge in [0.15, 0.2) is 5.78 Å². The molecule has 1 amide bonds. The maximum atomic E-state index is 12.8. The van der Waals surface area contributed by atoms with E-state index < -0.39 is 41.4 Å². The third kappa shape index (κ3) is 8.75. The first kappa shape index (κ1) is 27.9. The summed E-state index contributed by atoms with van der Waals surface area (Å²) in [6.07, 6.45) is -0.311. The van der Waals surface area contributed by atoms with Crippen LogP contribution in [0.3, 0.4) is 0 Å². The lowest BCUT2D eigenvalue weighted by Gasteiger charge is -2.11. The van der Waals surface area contributed by atoms with Crippen LogP contribution in [0.2, 0.25) is 0 Å². The summed E-state index contributed by atoms with van der Waals surface area (Å²) in [5.41, 5.74) is -1.36. The van der Waals surface area contributed by atoms with Crippen LogP contribution in [0.5, 0.6) is 5.75 Å². The van der Waals surface area contributed by atoms with E-state index in [2.05, 4.69) is 10.1 Å². The summed E-state index contributed by atoms with van der Waals surface area (Å²) in [6.45, 7) is 3.22. The second-order valence-electron chi connectivity index (χ2n) is 7.79. The van der Waals surface area contributed by atoms with Crippen molar-refractivity contribution in [3.63, 3.8) is 0 Å². The van der Waals surface area contributed by atoms with Crippen molar-refractivity contribution in [3.8, 4) is 5.75 Å². The monoisotopic (exact) mass is 513 g/mol. The number of ketones is 1. The van der Waals surface area contributed by atoms with Gasteiger partial charge in [-0.25, -0.2) is 9.59 Å². The largest absolute Gasteiger partial charge is 0.507 e. The van der Waals surface area contributed by atoms with Crippen LogP contribution in [0.25, 0.3) is 6.08 Å². The zero-order valence-corrected chi connectivity index (χ0v) is 20.2. The minimum atomic E-state index is -4.25. The molecule has 0 saturated carbocycles.